The maximum atomic E-state index is 12.5. The maximum Gasteiger partial charge on any atom is 0.331 e. The maximum absolute atomic E-state index is 12.5. The van der Waals surface area contributed by atoms with Crippen LogP contribution >= 0.6 is 0 Å². The fourth-order valence-electron chi connectivity index (χ4n) is 3.11. The van der Waals surface area contributed by atoms with E-state index in [4.69, 9.17) is 4.74 Å². The van der Waals surface area contributed by atoms with Crippen molar-refractivity contribution in [3.63, 3.8) is 0 Å². The van der Waals surface area contributed by atoms with Crippen molar-refractivity contribution >= 4 is 11.9 Å². The fraction of sp³-hybridized carbons (Fsp3) is 0.706. The Bertz CT molecular complexity index is 545. The highest BCUT2D eigenvalue weighted by Gasteiger charge is 2.42. The van der Waals surface area contributed by atoms with Crippen LogP contribution in [0.3, 0.4) is 0 Å². The average molecular weight is 321 g/mol. The molecule has 1 amide bonds. The van der Waals surface area contributed by atoms with E-state index < -0.39 is 5.54 Å². The van der Waals surface area contributed by atoms with E-state index in [1.54, 1.807) is 13.0 Å². The van der Waals surface area contributed by atoms with Crippen LogP contribution in [-0.4, -0.2) is 34.2 Å². The van der Waals surface area contributed by atoms with E-state index in [-0.39, 0.29) is 11.9 Å². The molecule has 0 atom stereocenters. The minimum atomic E-state index is -0.900. The van der Waals surface area contributed by atoms with Gasteiger partial charge in [-0.2, -0.15) is 5.10 Å². The molecule has 1 aromatic heterocycles. The molecule has 6 heteroatoms. The van der Waals surface area contributed by atoms with Gasteiger partial charge in [0.2, 0.25) is 0 Å². The second-order valence-corrected chi connectivity index (χ2v) is 6.69. The molecule has 0 saturated heterocycles. The average Bonchev–Trinajstić information content (AvgIpc) is 2.96. The van der Waals surface area contributed by atoms with Crippen molar-refractivity contribution in [2.24, 2.45) is 5.92 Å². The molecule has 0 aliphatic heterocycles. The molecule has 23 heavy (non-hydrogen) atoms. The number of aromatic nitrogens is 2. The molecule has 1 heterocycles. The van der Waals surface area contributed by atoms with Crippen LogP contribution in [0.4, 0.5) is 0 Å². The van der Waals surface area contributed by atoms with Crippen molar-refractivity contribution < 1.29 is 14.3 Å². The first-order valence-electron chi connectivity index (χ1n) is 8.51. The molecule has 0 bridgehead atoms. The SMILES string of the molecule is CCOC(=O)C1(NC(=O)c2cc(CC(C)C)[nH]n2)CCCCC1. The van der Waals surface area contributed by atoms with Gasteiger partial charge in [-0.1, -0.05) is 33.1 Å². The summed E-state index contributed by atoms with van der Waals surface area (Å²) in [5, 5.41) is 9.88. The van der Waals surface area contributed by atoms with E-state index in [0.29, 0.717) is 31.1 Å². The van der Waals surface area contributed by atoms with Gasteiger partial charge in [0, 0.05) is 5.69 Å². The van der Waals surface area contributed by atoms with Gasteiger partial charge in [-0.05, 0) is 38.2 Å². The van der Waals surface area contributed by atoms with Crippen LogP contribution in [0.25, 0.3) is 0 Å². The van der Waals surface area contributed by atoms with Crippen molar-refractivity contribution in [1.82, 2.24) is 15.5 Å². The van der Waals surface area contributed by atoms with E-state index in [9.17, 15) is 9.59 Å². The number of amides is 1. The lowest BCUT2D eigenvalue weighted by atomic mass is 9.81. The summed E-state index contributed by atoms with van der Waals surface area (Å²) in [6, 6.07) is 1.76. The van der Waals surface area contributed by atoms with E-state index >= 15 is 0 Å². The number of esters is 1. The summed E-state index contributed by atoms with van der Waals surface area (Å²) in [5.74, 6) is -0.159. The number of hydrogen-bond acceptors (Lipinski definition) is 4. The Hall–Kier alpha value is -1.85. The molecule has 0 unspecified atom stereocenters. The fourth-order valence-corrected chi connectivity index (χ4v) is 3.11. The number of nitrogens with one attached hydrogen (secondary N) is 2. The van der Waals surface area contributed by atoms with Crippen LogP contribution in [0.1, 0.15) is 69.1 Å². The Kier molecular flexibility index (Phi) is 5.80. The van der Waals surface area contributed by atoms with Gasteiger partial charge in [-0.25, -0.2) is 4.79 Å². The summed E-state index contributed by atoms with van der Waals surface area (Å²) < 4.78 is 5.20. The largest absolute Gasteiger partial charge is 0.464 e. The highest BCUT2D eigenvalue weighted by molar-refractivity contribution is 5.96. The molecule has 0 radical (unpaired) electrons. The lowest BCUT2D eigenvalue weighted by Gasteiger charge is -2.35. The number of ether oxygens (including phenoxy) is 1. The summed E-state index contributed by atoms with van der Waals surface area (Å²) in [6.45, 7) is 6.32. The van der Waals surface area contributed by atoms with Gasteiger partial charge in [-0.15, -0.1) is 0 Å². The number of carbonyl (C=O) groups excluding carboxylic acids is 2. The zero-order valence-corrected chi connectivity index (χ0v) is 14.3. The van der Waals surface area contributed by atoms with Crippen LogP contribution in [0.15, 0.2) is 6.07 Å². The van der Waals surface area contributed by atoms with Crippen LogP contribution in [0.2, 0.25) is 0 Å². The summed E-state index contributed by atoms with van der Waals surface area (Å²) in [5.41, 5.74) is 0.358. The third kappa shape index (κ3) is 4.33. The quantitative estimate of drug-likeness (QED) is 0.789. The third-order valence-electron chi connectivity index (χ3n) is 4.22. The van der Waals surface area contributed by atoms with Crippen LogP contribution in [0, 0.1) is 5.92 Å². The third-order valence-corrected chi connectivity index (χ3v) is 4.22. The Morgan fingerprint density at radius 3 is 2.65 bits per heavy atom. The molecule has 2 rings (SSSR count). The van der Waals surface area contributed by atoms with Crippen molar-refractivity contribution in [2.45, 2.75) is 64.8 Å². The number of H-pyrrole nitrogens is 1. The molecule has 1 aromatic rings. The predicted molar refractivity (Wildman–Crippen MR) is 87.0 cm³/mol. The summed E-state index contributed by atoms with van der Waals surface area (Å²) in [7, 11) is 0. The monoisotopic (exact) mass is 321 g/mol. The number of carbonyl (C=O) groups is 2. The molecule has 128 valence electrons. The van der Waals surface area contributed by atoms with Gasteiger partial charge in [0.15, 0.2) is 0 Å². The molecule has 1 saturated carbocycles. The number of hydrogen-bond donors (Lipinski definition) is 2. The molecule has 1 aliphatic carbocycles. The van der Waals surface area contributed by atoms with Crippen molar-refractivity contribution in [3.05, 3.63) is 17.5 Å². The standard InChI is InChI=1S/C17H27N3O3/c1-4-23-16(22)17(8-6-5-7-9-17)18-15(21)14-11-13(19-20-14)10-12(2)3/h11-12H,4-10H2,1-3H3,(H,18,21)(H,19,20). The Morgan fingerprint density at radius 2 is 2.04 bits per heavy atom. The second-order valence-electron chi connectivity index (χ2n) is 6.69. The van der Waals surface area contributed by atoms with Gasteiger partial charge in [0.25, 0.3) is 5.91 Å². The Balaban J connectivity index is 2.11. The molecular formula is C17H27N3O3. The van der Waals surface area contributed by atoms with Gasteiger partial charge in [0.1, 0.15) is 11.2 Å². The molecule has 6 nitrogen and oxygen atoms in total. The molecule has 2 N–H and O–H groups in total. The zero-order chi connectivity index (χ0) is 16.9. The Labute approximate surface area is 137 Å². The highest BCUT2D eigenvalue weighted by atomic mass is 16.5. The summed E-state index contributed by atoms with van der Waals surface area (Å²) >= 11 is 0. The lowest BCUT2D eigenvalue weighted by molar-refractivity contribution is -0.152. The molecular weight excluding hydrogens is 294 g/mol. The van der Waals surface area contributed by atoms with Gasteiger partial charge in [0.05, 0.1) is 6.61 Å². The smallest absolute Gasteiger partial charge is 0.331 e. The first-order chi connectivity index (χ1) is 11.0. The van der Waals surface area contributed by atoms with Gasteiger partial charge < -0.3 is 10.1 Å². The molecule has 0 aromatic carbocycles. The van der Waals surface area contributed by atoms with Crippen molar-refractivity contribution in [2.75, 3.05) is 6.61 Å². The minimum absolute atomic E-state index is 0.314. The molecule has 0 spiro atoms. The van der Waals surface area contributed by atoms with E-state index in [0.717, 1.165) is 31.4 Å². The topological polar surface area (TPSA) is 84.1 Å². The minimum Gasteiger partial charge on any atom is -0.464 e. The number of nitrogens with zero attached hydrogens (tertiary/aromatic N) is 1. The lowest BCUT2D eigenvalue weighted by Crippen LogP contribution is -2.56. The van der Waals surface area contributed by atoms with Crippen LogP contribution in [-0.2, 0) is 16.0 Å². The zero-order valence-electron chi connectivity index (χ0n) is 14.3. The molecule has 1 aliphatic rings. The van der Waals surface area contributed by atoms with Crippen molar-refractivity contribution in [3.8, 4) is 0 Å². The number of rotatable bonds is 6. The Morgan fingerprint density at radius 1 is 1.35 bits per heavy atom. The van der Waals surface area contributed by atoms with Crippen LogP contribution < -0.4 is 5.32 Å². The van der Waals surface area contributed by atoms with Crippen molar-refractivity contribution in [1.29, 1.82) is 0 Å². The van der Waals surface area contributed by atoms with Gasteiger partial charge in [-0.3, -0.25) is 9.89 Å². The predicted octanol–water partition coefficient (Wildman–Crippen LogP) is 2.60. The normalized spacial score (nSPS) is 17.0. The van der Waals surface area contributed by atoms with E-state index in [2.05, 4.69) is 29.4 Å². The number of aromatic amines is 1. The van der Waals surface area contributed by atoms with E-state index in [1.807, 2.05) is 0 Å². The highest BCUT2D eigenvalue weighted by Crippen LogP contribution is 2.30. The van der Waals surface area contributed by atoms with E-state index in [1.165, 1.54) is 0 Å². The molecule has 1 fully saturated rings. The summed E-state index contributed by atoms with van der Waals surface area (Å²) in [4.78, 5) is 24.9. The second kappa shape index (κ2) is 7.62. The summed E-state index contributed by atoms with van der Waals surface area (Å²) in [6.07, 6.45) is 5.00. The van der Waals surface area contributed by atoms with Crippen LogP contribution in [0.5, 0.6) is 0 Å². The first-order valence-corrected chi connectivity index (χ1v) is 8.51. The van der Waals surface area contributed by atoms with Gasteiger partial charge >= 0.3 is 5.97 Å². The first kappa shape index (κ1) is 17.5.